The molecule has 1 atom stereocenters. The molecule has 1 aliphatic carbocycles. The van der Waals surface area contributed by atoms with Crippen molar-refractivity contribution >= 4 is 0 Å². The molecule has 0 saturated heterocycles. The molecule has 4 nitrogen and oxygen atoms in total. The number of hydrogen-bond acceptors (Lipinski definition) is 3. The third-order valence-electron chi connectivity index (χ3n) is 4.06. The summed E-state index contributed by atoms with van der Waals surface area (Å²) in [5, 5.41) is 8.13. The lowest BCUT2D eigenvalue weighted by molar-refractivity contribution is -0.0982. The predicted octanol–water partition coefficient (Wildman–Crippen LogP) is 1.90. The largest absolute Gasteiger partial charge is 0.377 e. The summed E-state index contributed by atoms with van der Waals surface area (Å²) in [6.45, 7) is 3.24. The molecule has 1 aromatic rings. The molecule has 102 valence electrons. The first kappa shape index (κ1) is 13.6. The molecule has 1 heterocycles. The minimum absolute atomic E-state index is 0.0344. The molecule has 1 unspecified atom stereocenters. The highest BCUT2D eigenvalue weighted by Gasteiger charge is 2.44. The van der Waals surface area contributed by atoms with Crippen molar-refractivity contribution in [2.45, 2.75) is 50.7 Å². The summed E-state index contributed by atoms with van der Waals surface area (Å²) in [6.07, 6.45) is 7.72. The highest BCUT2D eigenvalue weighted by atomic mass is 16.5. The molecule has 0 spiro atoms. The van der Waals surface area contributed by atoms with E-state index in [0.717, 1.165) is 37.9 Å². The van der Waals surface area contributed by atoms with Gasteiger partial charge in [-0.15, -0.1) is 0 Å². The third kappa shape index (κ3) is 2.75. The highest BCUT2D eigenvalue weighted by molar-refractivity contribution is 5.08. The first-order valence-corrected chi connectivity index (χ1v) is 6.97. The zero-order valence-electron chi connectivity index (χ0n) is 11.8. The molecular weight excluding hydrogens is 226 g/mol. The van der Waals surface area contributed by atoms with E-state index >= 15 is 0 Å². The van der Waals surface area contributed by atoms with Crippen molar-refractivity contribution in [3.05, 3.63) is 18.0 Å². The smallest absolute Gasteiger partial charge is 0.0834 e. The van der Waals surface area contributed by atoms with Crippen molar-refractivity contribution in [3.63, 3.8) is 0 Å². The molecule has 0 radical (unpaired) electrons. The summed E-state index contributed by atoms with van der Waals surface area (Å²) >= 11 is 0. The predicted molar refractivity (Wildman–Crippen MR) is 72.6 cm³/mol. The van der Waals surface area contributed by atoms with E-state index in [1.807, 2.05) is 25.0 Å². The van der Waals surface area contributed by atoms with Crippen LogP contribution in [0.3, 0.4) is 0 Å². The Morgan fingerprint density at radius 2 is 2.33 bits per heavy atom. The Kier molecular flexibility index (Phi) is 4.40. The number of aryl methyl sites for hydroxylation is 1. The molecule has 4 heteroatoms. The zero-order chi connectivity index (χ0) is 13.0. The van der Waals surface area contributed by atoms with E-state index in [1.54, 1.807) is 0 Å². The van der Waals surface area contributed by atoms with Crippen molar-refractivity contribution in [1.82, 2.24) is 15.1 Å². The van der Waals surface area contributed by atoms with Crippen LogP contribution in [0.15, 0.2) is 12.3 Å². The van der Waals surface area contributed by atoms with Crippen LogP contribution in [0.1, 0.15) is 38.3 Å². The van der Waals surface area contributed by atoms with E-state index < -0.39 is 0 Å². The van der Waals surface area contributed by atoms with Gasteiger partial charge in [-0.2, -0.15) is 5.10 Å². The Morgan fingerprint density at radius 1 is 1.56 bits per heavy atom. The quantitative estimate of drug-likeness (QED) is 0.804. The lowest BCUT2D eigenvalue weighted by atomic mass is 9.73. The van der Waals surface area contributed by atoms with Gasteiger partial charge in [0.05, 0.1) is 11.3 Å². The van der Waals surface area contributed by atoms with Crippen LogP contribution < -0.4 is 5.32 Å². The van der Waals surface area contributed by atoms with E-state index in [0.29, 0.717) is 6.04 Å². The lowest BCUT2D eigenvalue weighted by Crippen LogP contribution is -2.57. The standard InChI is InChI=1S/C14H25N3O/c1-4-9-15-13(14(18-3)7-5-8-14)11-12-6-10-17(2)16-12/h6,10,13,15H,4-5,7-9,11H2,1-3H3. The number of ether oxygens (including phenoxy) is 1. The lowest BCUT2D eigenvalue weighted by Gasteiger charge is -2.46. The number of nitrogens with one attached hydrogen (secondary N) is 1. The van der Waals surface area contributed by atoms with Gasteiger partial charge < -0.3 is 10.1 Å². The van der Waals surface area contributed by atoms with E-state index in [-0.39, 0.29) is 5.60 Å². The van der Waals surface area contributed by atoms with Crippen LogP contribution in [0.25, 0.3) is 0 Å². The van der Waals surface area contributed by atoms with E-state index in [4.69, 9.17) is 4.74 Å². The first-order valence-electron chi connectivity index (χ1n) is 6.97. The van der Waals surface area contributed by atoms with Gasteiger partial charge in [0.25, 0.3) is 0 Å². The number of aromatic nitrogens is 2. The molecule has 1 fully saturated rings. The van der Waals surface area contributed by atoms with Crippen LogP contribution in [-0.2, 0) is 18.2 Å². The van der Waals surface area contributed by atoms with E-state index in [9.17, 15) is 0 Å². The zero-order valence-corrected chi connectivity index (χ0v) is 11.8. The molecular formula is C14H25N3O. The summed E-state index contributed by atoms with van der Waals surface area (Å²) in [6, 6.07) is 2.48. The molecule has 0 amide bonds. The fourth-order valence-electron chi connectivity index (χ4n) is 2.76. The van der Waals surface area contributed by atoms with Crippen LogP contribution in [-0.4, -0.2) is 35.1 Å². The summed E-state index contributed by atoms with van der Waals surface area (Å²) in [7, 11) is 3.81. The van der Waals surface area contributed by atoms with Gasteiger partial charge in [-0.25, -0.2) is 0 Å². The Morgan fingerprint density at radius 3 is 2.78 bits per heavy atom. The third-order valence-corrected chi connectivity index (χ3v) is 4.06. The van der Waals surface area contributed by atoms with Crippen molar-refractivity contribution in [2.75, 3.05) is 13.7 Å². The fourth-order valence-corrected chi connectivity index (χ4v) is 2.76. The van der Waals surface area contributed by atoms with Gasteiger partial charge in [0.2, 0.25) is 0 Å². The minimum atomic E-state index is 0.0344. The summed E-state index contributed by atoms with van der Waals surface area (Å²) in [5.74, 6) is 0. The highest BCUT2D eigenvalue weighted by Crippen LogP contribution is 2.39. The second-order valence-electron chi connectivity index (χ2n) is 5.31. The molecule has 1 aliphatic rings. The van der Waals surface area contributed by atoms with Crippen LogP contribution in [0.2, 0.25) is 0 Å². The molecule has 2 rings (SSSR count). The monoisotopic (exact) mass is 251 g/mol. The van der Waals surface area contributed by atoms with Crippen LogP contribution >= 0.6 is 0 Å². The van der Waals surface area contributed by atoms with Crippen LogP contribution in [0.4, 0.5) is 0 Å². The van der Waals surface area contributed by atoms with E-state index in [2.05, 4.69) is 23.4 Å². The average Bonchev–Trinajstić information content (AvgIpc) is 2.70. The van der Waals surface area contributed by atoms with Crippen LogP contribution in [0, 0.1) is 0 Å². The van der Waals surface area contributed by atoms with Gasteiger partial charge in [-0.05, 0) is 38.3 Å². The van der Waals surface area contributed by atoms with Gasteiger partial charge in [-0.1, -0.05) is 6.92 Å². The maximum absolute atomic E-state index is 5.81. The summed E-state index contributed by atoms with van der Waals surface area (Å²) in [5.41, 5.74) is 1.18. The molecule has 0 bridgehead atoms. The van der Waals surface area contributed by atoms with E-state index in [1.165, 1.54) is 6.42 Å². The Balaban J connectivity index is 2.04. The normalized spacial score (nSPS) is 19.5. The summed E-state index contributed by atoms with van der Waals surface area (Å²) < 4.78 is 7.68. The molecule has 1 saturated carbocycles. The van der Waals surface area contributed by atoms with Crippen molar-refractivity contribution in [2.24, 2.45) is 7.05 Å². The van der Waals surface area contributed by atoms with Gasteiger partial charge in [-0.3, -0.25) is 4.68 Å². The molecule has 18 heavy (non-hydrogen) atoms. The first-order chi connectivity index (χ1) is 8.70. The number of nitrogens with zero attached hydrogens (tertiary/aromatic N) is 2. The second-order valence-corrected chi connectivity index (χ2v) is 5.31. The topological polar surface area (TPSA) is 39.1 Å². The van der Waals surface area contributed by atoms with Gasteiger partial charge >= 0.3 is 0 Å². The van der Waals surface area contributed by atoms with Crippen molar-refractivity contribution < 1.29 is 4.74 Å². The Bertz CT molecular complexity index is 365. The maximum atomic E-state index is 5.81. The molecule has 1 N–H and O–H groups in total. The van der Waals surface area contributed by atoms with Crippen molar-refractivity contribution in [3.8, 4) is 0 Å². The fraction of sp³-hybridized carbons (Fsp3) is 0.786. The number of rotatable bonds is 7. The Labute approximate surface area is 110 Å². The van der Waals surface area contributed by atoms with Gasteiger partial charge in [0, 0.05) is 32.8 Å². The Hall–Kier alpha value is -0.870. The number of hydrogen-bond donors (Lipinski definition) is 1. The average molecular weight is 251 g/mol. The van der Waals surface area contributed by atoms with Gasteiger partial charge in [0.15, 0.2) is 0 Å². The molecule has 0 aromatic carbocycles. The second kappa shape index (κ2) is 5.85. The minimum Gasteiger partial charge on any atom is -0.377 e. The van der Waals surface area contributed by atoms with Crippen LogP contribution in [0.5, 0.6) is 0 Å². The molecule has 1 aromatic heterocycles. The summed E-state index contributed by atoms with van der Waals surface area (Å²) in [4.78, 5) is 0. The van der Waals surface area contributed by atoms with Crippen molar-refractivity contribution in [1.29, 1.82) is 0 Å². The maximum Gasteiger partial charge on any atom is 0.0834 e. The molecule has 0 aliphatic heterocycles. The van der Waals surface area contributed by atoms with Gasteiger partial charge in [0.1, 0.15) is 0 Å². The SMILES string of the molecule is CCCNC(Cc1ccn(C)n1)C1(OC)CCC1. The number of methoxy groups -OCH3 is 1.